The molecule has 0 atom stereocenters. The maximum absolute atomic E-state index is 13.0. The third kappa shape index (κ3) is 3.37. The van der Waals surface area contributed by atoms with Crippen LogP contribution >= 0.6 is 0 Å². The quantitative estimate of drug-likeness (QED) is 0.666. The normalized spacial score (nSPS) is 15.4. The number of esters is 1. The van der Waals surface area contributed by atoms with Crippen LogP contribution in [0.5, 0.6) is 0 Å². The van der Waals surface area contributed by atoms with Crippen LogP contribution in [-0.2, 0) is 14.3 Å². The number of carboxylic acids is 1. The number of allylic oxidation sites excluding steroid dienone is 1. The second kappa shape index (κ2) is 7.29. The van der Waals surface area contributed by atoms with E-state index < -0.39 is 11.9 Å². The molecule has 6 nitrogen and oxygen atoms in total. The largest absolute Gasteiger partial charge is 0.478 e. The summed E-state index contributed by atoms with van der Waals surface area (Å²) in [6.07, 6.45) is 1.56. The van der Waals surface area contributed by atoms with Gasteiger partial charge in [0.25, 0.3) is 5.91 Å². The molecule has 1 heterocycles. The molecule has 0 aromatic heterocycles. The Morgan fingerprint density at radius 1 is 1.04 bits per heavy atom. The zero-order valence-corrected chi connectivity index (χ0v) is 14.8. The van der Waals surface area contributed by atoms with Crippen molar-refractivity contribution in [3.63, 3.8) is 0 Å². The number of nitrogens with zero attached hydrogens (tertiary/aromatic N) is 1. The first-order valence-electron chi connectivity index (χ1n) is 8.18. The third-order valence-corrected chi connectivity index (χ3v) is 4.27. The first-order chi connectivity index (χ1) is 12.9. The van der Waals surface area contributed by atoms with Crippen LogP contribution in [0.4, 0.5) is 5.69 Å². The molecule has 0 bridgehead atoms. The van der Waals surface area contributed by atoms with Gasteiger partial charge in [-0.05, 0) is 42.8 Å². The number of carbonyl (C=O) groups excluding carboxylic acids is 2. The van der Waals surface area contributed by atoms with E-state index in [1.807, 2.05) is 6.07 Å². The van der Waals surface area contributed by atoms with Crippen LogP contribution in [-0.4, -0.2) is 30.1 Å². The standard InChI is InChI=1S/C21H17NO5/c1-13-18(21(26)27-2)17(12-14-8-10-15(11-9-14)20(24)25)19(23)22(13)16-6-4-3-5-7-16/h3-12H,1-2H3,(H,24,25). The van der Waals surface area contributed by atoms with E-state index in [2.05, 4.69) is 0 Å². The monoisotopic (exact) mass is 363 g/mol. The third-order valence-electron chi connectivity index (χ3n) is 4.27. The van der Waals surface area contributed by atoms with Gasteiger partial charge in [0.05, 0.1) is 23.8 Å². The van der Waals surface area contributed by atoms with Gasteiger partial charge >= 0.3 is 11.9 Å². The topological polar surface area (TPSA) is 83.9 Å². The van der Waals surface area contributed by atoms with E-state index in [0.29, 0.717) is 16.9 Å². The van der Waals surface area contributed by atoms with Crippen LogP contribution in [0, 0.1) is 0 Å². The fraction of sp³-hybridized carbons (Fsp3) is 0.0952. The van der Waals surface area contributed by atoms with Crippen molar-refractivity contribution in [3.8, 4) is 0 Å². The Bertz CT molecular complexity index is 971. The molecule has 0 aliphatic carbocycles. The van der Waals surface area contributed by atoms with E-state index in [4.69, 9.17) is 9.84 Å². The van der Waals surface area contributed by atoms with Gasteiger partial charge in [-0.25, -0.2) is 9.59 Å². The molecular formula is C21H17NO5. The van der Waals surface area contributed by atoms with Gasteiger partial charge in [0.15, 0.2) is 0 Å². The van der Waals surface area contributed by atoms with E-state index in [9.17, 15) is 14.4 Å². The molecule has 0 fully saturated rings. The minimum Gasteiger partial charge on any atom is -0.478 e. The fourth-order valence-corrected chi connectivity index (χ4v) is 2.96. The number of carboxylic acid groups (broad SMARTS) is 1. The summed E-state index contributed by atoms with van der Waals surface area (Å²) in [6, 6.07) is 15.1. The number of benzene rings is 2. The minimum atomic E-state index is -1.03. The van der Waals surface area contributed by atoms with Gasteiger partial charge in [-0.15, -0.1) is 0 Å². The number of carbonyl (C=O) groups is 3. The molecule has 136 valence electrons. The highest BCUT2D eigenvalue weighted by Gasteiger charge is 2.37. The number of rotatable bonds is 4. The highest BCUT2D eigenvalue weighted by atomic mass is 16.5. The van der Waals surface area contributed by atoms with Crippen LogP contribution in [0.25, 0.3) is 6.08 Å². The fourth-order valence-electron chi connectivity index (χ4n) is 2.96. The Balaban J connectivity index is 2.09. The second-order valence-corrected chi connectivity index (χ2v) is 5.91. The van der Waals surface area contributed by atoms with E-state index in [1.165, 1.54) is 24.1 Å². The highest BCUT2D eigenvalue weighted by molar-refractivity contribution is 6.23. The first-order valence-corrected chi connectivity index (χ1v) is 8.18. The lowest BCUT2D eigenvalue weighted by Gasteiger charge is -2.17. The number of hydrogen-bond acceptors (Lipinski definition) is 4. The van der Waals surface area contributed by atoms with Gasteiger partial charge in [0, 0.05) is 11.4 Å². The Kier molecular flexibility index (Phi) is 4.90. The summed E-state index contributed by atoms with van der Waals surface area (Å²) in [4.78, 5) is 37.8. The molecule has 1 N–H and O–H groups in total. The molecule has 0 radical (unpaired) electrons. The first kappa shape index (κ1) is 18.1. The summed E-state index contributed by atoms with van der Waals surface area (Å²) in [5, 5.41) is 9.00. The van der Waals surface area contributed by atoms with Gasteiger partial charge in [0.2, 0.25) is 0 Å². The maximum Gasteiger partial charge on any atom is 0.340 e. The van der Waals surface area contributed by atoms with Crippen molar-refractivity contribution >= 4 is 29.6 Å². The number of para-hydroxylation sites is 1. The van der Waals surface area contributed by atoms with Crippen LogP contribution in [0.1, 0.15) is 22.8 Å². The molecule has 1 amide bonds. The molecule has 6 heteroatoms. The molecule has 3 rings (SSSR count). The number of amides is 1. The number of methoxy groups -OCH3 is 1. The Morgan fingerprint density at radius 2 is 1.67 bits per heavy atom. The molecule has 0 unspecified atom stereocenters. The number of aromatic carboxylic acids is 1. The second-order valence-electron chi connectivity index (χ2n) is 5.91. The molecule has 2 aromatic carbocycles. The average molecular weight is 363 g/mol. The van der Waals surface area contributed by atoms with Gasteiger partial charge in [0.1, 0.15) is 0 Å². The summed E-state index contributed by atoms with van der Waals surface area (Å²) in [7, 11) is 1.26. The summed E-state index contributed by atoms with van der Waals surface area (Å²) in [6.45, 7) is 1.69. The summed E-state index contributed by atoms with van der Waals surface area (Å²) < 4.78 is 4.86. The molecule has 0 saturated heterocycles. The Morgan fingerprint density at radius 3 is 2.22 bits per heavy atom. The van der Waals surface area contributed by atoms with Crippen LogP contribution in [0.2, 0.25) is 0 Å². The van der Waals surface area contributed by atoms with Gasteiger partial charge in [-0.1, -0.05) is 30.3 Å². The van der Waals surface area contributed by atoms with Crippen molar-refractivity contribution < 1.29 is 24.2 Å². The molecular weight excluding hydrogens is 346 g/mol. The Hall–Kier alpha value is -3.67. The van der Waals surface area contributed by atoms with Crippen molar-refractivity contribution in [1.29, 1.82) is 0 Å². The summed E-state index contributed by atoms with van der Waals surface area (Å²) >= 11 is 0. The highest BCUT2D eigenvalue weighted by Crippen LogP contribution is 2.35. The molecule has 27 heavy (non-hydrogen) atoms. The lowest BCUT2D eigenvalue weighted by atomic mass is 10.0. The van der Waals surface area contributed by atoms with Crippen LogP contribution in [0.3, 0.4) is 0 Å². The van der Waals surface area contributed by atoms with E-state index >= 15 is 0 Å². The van der Waals surface area contributed by atoms with Crippen molar-refractivity contribution in [1.82, 2.24) is 0 Å². The average Bonchev–Trinajstić information content (AvgIpc) is 2.92. The van der Waals surface area contributed by atoms with Gasteiger partial charge < -0.3 is 9.84 Å². The van der Waals surface area contributed by atoms with Crippen molar-refractivity contribution in [2.45, 2.75) is 6.92 Å². The number of anilines is 1. The molecule has 2 aromatic rings. The zero-order chi connectivity index (χ0) is 19.6. The Labute approximate surface area is 156 Å². The predicted octanol–water partition coefficient (Wildman–Crippen LogP) is 3.26. The number of hydrogen-bond donors (Lipinski definition) is 1. The minimum absolute atomic E-state index is 0.140. The van der Waals surface area contributed by atoms with Crippen molar-refractivity contribution in [2.75, 3.05) is 12.0 Å². The van der Waals surface area contributed by atoms with E-state index in [1.54, 1.807) is 49.4 Å². The summed E-state index contributed by atoms with van der Waals surface area (Å²) in [5.74, 6) is -1.98. The van der Waals surface area contributed by atoms with Crippen LogP contribution in [0.15, 0.2) is 71.4 Å². The molecule has 1 aliphatic rings. The van der Waals surface area contributed by atoms with Crippen LogP contribution < -0.4 is 4.90 Å². The lowest BCUT2D eigenvalue weighted by molar-refractivity contribution is -0.136. The molecule has 0 saturated carbocycles. The number of ether oxygens (including phenoxy) is 1. The summed E-state index contributed by atoms with van der Waals surface area (Å²) in [5.41, 5.74) is 2.26. The molecule has 0 spiro atoms. The van der Waals surface area contributed by atoms with Gasteiger partial charge in [-0.3, -0.25) is 9.69 Å². The lowest BCUT2D eigenvalue weighted by Crippen LogP contribution is -2.24. The van der Waals surface area contributed by atoms with E-state index in [0.717, 1.165) is 0 Å². The predicted molar refractivity (Wildman–Crippen MR) is 100 cm³/mol. The zero-order valence-electron chi connectivity index (χ0n) is 14.8. The molecule has 1 aliphatic heterocycles. The SMILES string of the molecule is COC(=O)C1=C(C)N(c2ccccc2)C(=O)C1=Cc1ccc(C(=O)O)cc1. The maximum atomic E-state index is 13.0. The van der Waals surface area contributed by atoms with Gasteiger partial charge in [-0.2, -0.15) is 0 Å². The van der Waals surface area contributed by atoms with E-state index in [-0.39, 0.29) is 22.6 Å². The van der Waals surface area contributed by atoms with Crippen molar-refractivity contribution in [3.05, 3.63) is 82.6 Å². The van der Waals surface area contributed by atoms with Crippen molar-refractivity contribution in [2.24, 2.45) is 0 Å². The smallest absolute Gasteiger partial charge is 0.340 e.